The highest BCUT2D eigenvalue weighted by Crippen LogP contribution is 2.18. The first-order valence-electron chi connectivity index (χ1n) is 6.72. The fourth-order valence-electron chi connectivity index (χ4n) is 2.40. The summed E-state index contributed by atoms with van der Waals surface area (Å²) < 4.78 is 18.8. The fraction of sp³-hybridized carbons (Fsp3) is 0.500. The van der Waals surface area contributed by atoms with Crippen LogP contribution in [0.25, 0.3) is 11.1 Å². The standard InChI is InChI=1S/C14H16BrNO4/c15-10-3-4-12-13(8-10)20-14(17)16(12)5-7-18-9-11-2-1-6-19-11/h3-4,8,11H,1-2,5-7,9H2. The Labute approximate surface area is 124 Å². The highest BCUT2D eigenvalue weighted by Gasteiger charge is 2.15. The van der Waals surface area contributed by atoms with Gasteiger partial charge in [-0.2, -0.15) is 0 Å². The van der Waals surface area contributed by atoms with Crippen LogP contribution in [0.4, 0.5) is 0 Å². The second-order valence-electron chi connectivity index (χ2n) is 4.84. The average Bonchev–Trinajstić information content (AvgIpc) is 3.02. The van der Waals surface area contributed by atoms with E-state index in [1.54, 1.807) is 10.6 Å². The summed E-state index contributed by atoms with van der Waals surface area (Å²) in [4.78, 5) is 11.8. The van der Waals surface area contributed by atoms with Crippen molar-refractivity contribution >= 4 is 27.0 Å². The first kappa shape index (κ1) is 13.9. The number of hydrogen-bond acceptors (Lipinski definition) is 4. The summed E-state index contributed by atoms with van der Waals surface area (Å²) >= 11 is 3.36. The van der Waals surface area contributed by atoms with E-state index in [0.29, 0.717) is 25.3 Å². The molecule has 0 radical (unpaired) electrons. The van der Waals surface area contributed by atoms with E-state index in [1.165, 1.54) is 0 Å². The molecule has 2 aromatic rings. The Morgan fingerprint density at radius 2 is 2.35 bits per heavy atom. The molecule has 1 aliphatic rings. The SMILES string of the molecule is O=c1oc2cc(Br)ccc2n1CCOCC1CCCO1. The highest BCUT2D eigenvalue weighted by atomic mass is 79.9. The van der Waals surface area contributed by atoms with E-state index in [-0.39, 0.29) is 11.9 Å². The van der Waals surface area contributed by atoms with Gasteiger partial charge in [0, 0.05) is 11.1 Å². The lowest BCUT2D eigenvalue weighted by Crippen LogP contribution is -2.20. The summed E-state index contributed by atoms with van der Waals surface area (Å²) in [6.07, 6.45) is 2.38. The van der Waals surface area contributed by atoms with Gasteiger partial charge in [0.25, 0.3) is 0 Å². The second kappa shape index (κ2) is 6.11. The van der Waals surface area contributed by atoms with Crippen molar-refractivity contribution in [2.45, 2.75) is 25.5 Å². The minimum Gasteiger partial charge on any atom is -0.408 e. The molecule has 1 fully saturated rings. The molecule has 0 N–H and O–H groups in total. The van der Waals surface area contributed by atoms with Gasteiger partial charge in [0.05, 0.1) is 31.4 Å². The molecule has 2 heterocycles. The van der Waals surface area contributed by atoms with E-state index in [1.807, 2.05) is 12.1 Å². The molecule has 1 atom stereocenters. The molecule has 6 heteroatoms. The molecule has 5 nitrogen and oxygen atoms in total. The molecule has 3 rings (SSSR count). The Bertz CT molecular complexity index is 642. The van der Waals surface area contributed by atoms with Crippen LogP contribution < -0.4 is 5.76 Å². The zero-order valence-corrected chi connectivity index (χ0v) is 12.6. The third kappa shape index (κ3) is 2.97. The maximum absolute atomic E-state index is 11.8. The molecule has 0 saturated carbocycles. The number of aromatic nitrogens is 1. The number of benzene rings is 1. The summed E-state index contributed by atoms with van der Waals surface area (Å²) in [5.41, 5.74) is 1.38. The van der Waals surface area contributed by atoms with Gasteiger partial charge >= 0.3 is 5.76 Å². The topological polar surface area (TPSA) is 53.6 Å². The zero-order valence-electron chi connectivity index (χ0n) is 11.0. The Balaban J connectivity index is 1.62. The van der Waals surface area contributed by atoms with E-state index in [2.05, 4.69) is 15.9 Å². The maximum Gasteiger partial charge on any atom is 0.420 e. The molecule has 1 aromatic heterocycles. The number of hydrogen-bond donors (Lipinski definition) is 0. The molecule has 0 aliphatic carbocycles. The highest BCUT2D eigenvalue weighted by molar-refractivity contribution is 9.10. The lowest BCUT2D eigenvalue weighted by molar-refractivity contribution is 0.0147. The summed E-state index contributed by atoms with van der Waals surface area (Å²) in [6.45, 7) is 2.38. The minimum absolute atomic E-state index is 0.212. The van der Waals surface area contributed by atoms with Crippen molar-refractivity contribution < 1.29 is 13.9 Å². The lowest BCUT2D eigenvalue weighted by atomic mass is 10.2. The normalized spacial score (nSPS) is 18.9. The van der Waals surface area contributed by atoms with Crippen LogP contribution in [0.3, 0.4) is 0 Å². The van der Waals surface area contributed by atoms with Crippen LogP contribution in [0.1, 0.15) is 12.8 Å². The van der Waals surface area contributed by atoms with E-state index in [0.717, 1.165) is 29.4 Å². The molecular weight excluding hydrogens is 326 g/mol. The molecule has 0 bridgehead atoms. The predicted molar refractivity (Wildman–Crippen MR) is 78.0 cm³/mol. The van der Waals surface area contributed by atoms with Gasteiger partial charge in [-0.05, 0) is 31.0 Å². The van der Waals surface area contributed by atoms with Gasteiger partial charge in [-0.1, -0.05) is 15.9 Å². The fourth-order valence-corrected chi connectivity index (χ4v) is 2.74. The maximum atomic E-state index is 11.8. The van der Waals surface area contributed by atoms with Crippen molar-refractivity contribution in [3.05, 3.63) is 33.2 Å². The molecule has 108 valence electrons. The van der Waals surface area contributed by atoms with Crippen molar-refractivity contribution in [2.24, 2.45) is 0 Å². The average molecular weight is 342 g/mol. The Morgan fingerprint density at radius 1 is 1.45 bits per heavy atom. The molecule has 1 saturated heterocycles. The Kier molecular flexibility index (Phi) is 4.24. The van der Waals surface area contributed by atoms with Crippen LogP contribution in [0, 0.1) is 0 Å². The van der Waals surface area contributed by atoms with Crippen LogP contribution in [-0.2, 0) is 16.0 Å². The van der Waals surface area contributed by atoms with Gasteiger partial charge in [-0.25, -0.2) is 4.79 Å². The van der Waals surface area contributed by atoms with Gasteiger partial charge in [-0.3, -0.25) is 4.57 Å². The van der Waals surface area contributed by atoms with Crippen molar-refractivity contribution in [1.29, 1.82) is 0 Å². The van der Waals surface area contributed by atoms with Crippen LogP contribution >= 0.6 is 15.9 Å². The molecule has 1 unspecified atom stereocenters. The third-order valence-electron chi connectivity index (χ3n) is 3.42. The van der Waals surface area contributed by atoms with Crippen LogP contribution in [0.2, 0.25) is 0 Å². The van der Waals surface area contributed by atoms with Crippen LogP contribution in [0.5, 0.6) is 0 Å². The van der Waals surface area contributed by atoms with Gasteiger partial charge in [0.2, 0.25) is 0 Å². The summed E-state index contributed by atoms with van der Waals surface area (Å²) in [5, 5.41) is 0. The molecule has 0 spiro atoms. The van der Waals surface area contributed by atoms with E-state index >= 15 is 0 Å². The summed E-state index contributed by atoms with van der Waals surface area (Å²) in [5.74, 6) is -0.348. The second-order valence-corrected chi connectivity index (χ2v) is 5.76. The number of fused-ring (bicyclic) bond motifs is 1. The first-order chi connectivity index (χ1) is 9.74. The predicted octanol–water partition coefficient (Wildman–Crippen LogP) is 2.55. The smallest absolute Gasteiger partial charge is 0.408 e. The largest absolute Gasteiger partial charge is 0.420 e. The molecule has 1 aliphatic heterocycles. The van der Waals surface area contributed by atoms with Gasteiger partial charge in [0.1, 0.15) is 0 Å². The molecular formula is C14H16BrNO4. The van der Waals surface area contributed by atoms with Gasteiger partial charge in [-0.15, -0.1) is 0 Å². The van der Waals surface area contributed by atoms with E-state index in [4.69, 9.17) is 13.9 Å². The minimum atomic E-state index is -0.348. The quantitative estimate of drug-likeness (QED) is 0.784. The van der Waals surface area contributed by atoms with Crippen molar-refractivity contribution in [2.75, 3.05) is 19.8 Å². The van der Waals surface area contributed by atoms with Crippen LogP contribution in [-0.4, -0.2) is 30.5 Å². The van der Waals surface area contributed by atoms with Gasteiger partial charge in [0.15, 0.2) is 5.58 Å². The van der Waals surface area contributed by atoms with Crippen molar-refractivity contribution in [3.63, 3.8) is 0 Å². The van der Waals surface area contributed by atoms with Crippen molar-refractivity contribution in [3.8, 4) is 0 Å². The molecule has 1 aromatic carbocycles. The number of oxazole rings is 1. The first-order valence-corrected chi connectivity index (χ1v) is 7.51. The number of nitrogens with zero attached hydrogens (tertiary/aromatic N) is 1. The number of ether oxygens (including phenoxy) is 2. The lowest BCUT2D eigenvalue weighted by Gasteiger charge is -2.10. The molecule has 20 heavy (non-hydrogen) atoms. The number of halogens is 1. The summed E-state index contributed by atoms with van der Waals surface area (Å²) in [7, 11) is 0. The third-order valence-corrected chi connectivity index (χ3v) is 3.91. The Hall–Kier alpha value is -1.11. The number of rotatable bonds is 5. The summed E-state index contributed by atoms with van der Waals surface area (Å²) in [6, 6.07) is 5.55. The molecule has 0 amide bonds. The monoisotopic (exact) mass is 341 g/mol. The van der Waals surface area contributed by atoms with Crippen molar-refractivity contribution in [1.82, 2.24) is 4.57 Å². The zero-order chi connectivity index (χ0) is 13.9. The van der Waals surface area contributed by atoms with E-state index < -0.39 is 0 Å². The van der Waals surface area contributed by atoms with Gasteiger partial charge < -0.3 is 13.9 Å². The van der Waals surface area contributed by atoms with Crippen LogP contribution in [0.15, 0.2) is 31.9 Å². The Morgan fingerprint density at radius 3 is 3.15 bits per heavy atom. The van der Waals surface area contributed by atoms with E-state index in [9.17, 15) is 4.79 Å².